The Hall–Kier alpha value is -2.37. The highest BCUT2D eigenvalue weighted by Crippen LogP contribution is 2.31. The zero-order chi connectivity index (χ0) is 19.3. The van der Waals surface area contributed by atoms with Crippen molar-refractivity contribution in [2.45, 2.75) is 57.9 Å². The van der Waals surface area contributed by atoms with Crippen LogP contribution in [0.15, 0.2) is 24.3 Å². The van der Waals surface area contributed by atoms with E-state index < -0.39 is 0 Å². The number of para-hydroxylation sites is 2. The molecule has 2 fully saturated rings. The Morgan fingerprint density at radius 2 is 1.86 bits per heavy atom. The van der Waals surface area contributed by atoms with Gasteiger partial charge in [-0.05, 0) is 44.7 Å². The molecule has 1 aromatic heterocycles. The van der Waals surface area contributed by atoms with Gasteiger partial charge in [-0.25, -0.2) is 9.97 Å². The van der Waals surface area contributed by atoms with Gasteiger partial charge in [0.15, 0.2) is 5.82 Å². The van der Waals surface area contributed by atoms with E-state index in [1.165, 1.54) is 19.3 Å². The average Bonchev–Trinajstić information content (AvgIpc) is 2.74. The number of hydrogen-bond acceptors (Lipinski definition) is 5. The molecule has 2 aliphatic rings. The van der Waals surface area contributed by atoms with Crippen molar-refractivity contribution in [1.82, 2.24) is 15.3 Å². The quantitative estimate of drug-likeness (QED) is 0.854. The standard InChI is InChI=1S/C22H30N4O2/c1-2-28-22-20(24-18-12-6-7-13-19(18)25-22)26-14-8-9-16(15-26)21(27)23-17-10-4-3-5-11-17/h6-7,12-13,16-17H,2-5,8-11,14-15H2,1H3,(H,23,27). The van der Waals surface area contributed by atoms with Gasteiger partial charge in [-0.15, -0.1) is 0 Å². The third-order valence-corrected chi connectivity index (χ3v) is 5.85. The van der Waals surface area contributed by atoms with Crippen molar-refractivity contribution in [3.8, 4) is 5.88 Å². The summed E-state index contributed by atoms with van der Waals surface area (Å²) < 4.78 is 5.80. The van der Waals surface area contributed by atoms with Crippen LogP contribution >= 0.6 is 0 Å². The van der Waals surface area contributed by atoms with Crippen molar-refractivity contribution in [1.29, 1.82) is 0 Å². The predicted octanol–water partition coefficient (Wildman–Crippen LogP) is 3.69. The minimum absolute atomic E-state index is 0.00146. The zero-order valence-corrected chi connectivity index (χ0v) is 16.7. The first kappa shape index (κ1) is 19.0. The second kappa shape index (κ2) is 8.76. The third kappa shape index (κ3) is 4.21. The highest BCUT2D eigenvalue weighted by Gasteiger charge is 2.30. The van der Waals surface area contributed by atoms with Crippen LogP contribution in [0.1, 0.15) is 51.9 Å². The van der Waals surface area contributed by atoms with Gasteiger partial charge >= 0.3 is 0 Å². The second-order valence-electron chi connectivity index (χ2n) is 7.90. The zero-order valence-electron chi connectivity index (χ0n) is 16.7. The van der Waals surface area contributed by atoms with Crippen molar-refractivity contribution in [3.05, 3.63) is 24.3 Å². The fourth-order valence-corrected chi connectivity index (χ4v) is 4.36. The summed E-state index contributed by atoms with van der Waals surface area (Å²) in [5.74, 6) is 1.52. The summed E-state index contributed by atoms with van der Waals surface area (Å²) in [7, 11) is 0. The number of hydrogen-bond donors (Lipinski definition) is 1. The molecule has 1 unspecified atom stereocenters. The smallest absolute Gasteiger partial charge is 0.258 e. The lowest BCUT2D eigenvalue weighted by Crippen LogP contribution is -2.46. The van der Waals surface area contributed by atoms with Crippen LogP contribution in [0.2, 0.25) is 0 Å². The van der Waals surface area contributed by atoms with E-state index in [0.29, 0.717) is 25.1 Å². The normalized spacial score (nSPS) is 20.9. The van der Waals surface area contributed by atoms with Gasteiger partial charge in [0.05, 0.1) is 23.6 Å². The molecule has 0 radical (unpaired) electrons. The van der Waals surface area contributed by atoms with Crippen molar-refractivity contribution >= 4 is 22.8 Å². The van der Waals surface area contributed by atoms with Gasteiger partial charge in [0, 0.05) is 19.1 Å². The molecule has 1 aromatic carbocycles. The molecular formula is C22H30N4O2. The maximum Gasteiger partial charge on any atom is 0.258 e. The molecule has 1 amide bonds. The van der Waals surface area contributed by atoms with Crippen LogP contribution in [0.5, 0.6) is 5.88 Å². The molecule has 6 nitrogen and oxygen atoms in total. The summed E-state index contributed by atoms with van der Waals surface area (Å²) in [5, 5.41) is 3.30. The van der Waals surface area contributed by atoms with E-state index in [-0.39, 0.29) is 11.8 Å². The number of carbonyl (C=O) groups is 1. The van der Waals surface area contributed by atoms with Crippen LogP contribution in [-0.2, 0) is 4.79 Å². The van der Waals surface area contributed by atoms with E-state index in [0.717, 1.165) is 49.1 Å². The van der Waals surface area contributed by atoms with Gasteiger partial charge in [-0.3, -0.25) is 4.79 Å². The second-order valence-corrected chi connectivity index (χ2v) is 7.90. The first-order valence-electron chi connectivity index (χ1n) is 10.7. The Morgan fingerprint density at radius 3 is 2.61 bits per heavy atom. The van der Waals surface area contributed by atoms with Gasteiger partial charge in [-0.1, -0.05) is 31.4 Å². The molecule has 1 saturated carbocycles. The van der Waals surface area contributed by atoms with E-state index in [4.69, 9.17) is 9.72 Å². The van der Waals surface area contributed by atoms with E-state index in [1.54, 1.807) is 0 Å². The molecule has 1 saturated heterocycles. The molecule has 0 bridgehead atoms. The van der Waals surface area contributed by atoms with Gasteiger partial charge in [0.2, 0.25) is 5.91 Å². The van der Waals surface area contributed by atoms with Gasteiger partial charge in [0.25, 0.3) is 5.88 Å². The fraction of sp³-hybridized carbons (Fsp3) is 0.591. The monoisotopic (exact) mass is 382 g/mol. The summed E-state index contributed by atoms with van der Waals surface area (Å²) in [6.45, 7) is 4.04. The molecule has 150 valence electrons. The summed E-state index contributed by atoms with van der Waals surface area (Å²) in [5.41, 5.74) is 1.69. The number of amides is 1. The van der Waals surface area contributed by atoms with Crippen LogP contribution in [0.3, 0.4) is 0 Å². The Kier molecular flexibility index (Phi) is 5.93. The van der Waals surface area contributed by atoms with Crippen molar-refractivity contribution in [2.24, 2.45) is 5.92 Å². The van der Waals surface area contributed by atoms with Gasteiger partial charge in [0.1, 0.15) is 0 Å². The summed E-state index contributed by atoms with van der Waals surface area (Å²) in [4.78, 5) is 24.6. The van der Waals surface area contributed by atoms with Crippen LogP contribution in [0.25, 0.3) is 11.0 Å². The number of carbonyl (C=O) groups excluding carboxylic acids is 1. The summed E-state index contributed by atoms with van der Waals surface area (Å²) in [6.07, 6.45) is 7.89. The van der Waals surface area contributed by atoms with Gasteiger partial charge < -0.3 is 15.0 Å². The Labute approximate surface area is 166 Å². The number of nitrogens with one attached hydrogen (secondary N) is 1. The van der Waals surface area contributed by atoms with Crippen molar-refractivity contribution < 1.29 is 9.53 Å². The van der Waals surface area contributed by atoms with Crippen molar-refractivity contribution in [3.63, 3.8) is 0 Å². The highest BCUT2D eigenvalue weighted by atomic mass is 16.5. The number of rotatable bonds is 5. The number of fused-ring (bicyclic) bond motifs is 1. The highest BCUT2D eigenvalue weighted by molar-refractivity contribution is 5.81. The molecule has 4 rings (SSSR count). The minimum Gasteiger partial charge on any atom is -0.475 e. The van der Waals surface area contributed by atoms with E-state index >= 15 is 0 Å². The molecule has 2 aromatic rings. The lowest BCUT2D eigenvalue weighted by Gasteiger charge is -2.34. The lowest BCUT2D eigenvalue weighted by atomic mass is 9.93. The number of ether oxygens (including phenoxy) is 1. The molecule has 1 aliphatic heterocycles. The fourth-order valence-electron chi connectivity index (χ4n) is 4.36. The maximum atomic E-state index is 12.9. The number of benzene rings is 1. The molecular weight excluding hydrogens is 352 g/mol. The first-order chi connectivity index (χ1) is 13.7. The Morgan fingerprint density at radius 1 is 1.11 bits per heavy atom. The molecule has 1 N–H and O–H groups in total. The summed E-state index contributed by atoms with van der Waals surface area (Å²) in [6, 6.07) is 8.21. The average molecular weight is 383 g/mol. The Balaban J connectivity index is 1.52. The van der Waals surface area contributed by atoms with Crippen molar-refractivity contribution in [2.75, 3.05) is 24.6 Å². The number of piperidine rings is 1. The van der Waals surface area contributed by atoms with Crippen LogP contribution in [0.4, 0.5) is 5.82 Å². The molecule has 6 heteroatoms. The lowest BCUT2D eigenvalue weighted by molar-refractivity contribution is -0.126. The first-order valence-corrected chi connectivity index (χ1v) is 10.7. The topological polar surface area (TPSA) is 67.4 Å². The molecule has 1 atom stereocenters. The number of nitrogens with zero attached hydrogens (tertiary/aromatic N) is 3. The number of aromatic nitrogens is 2. The third-order valence-electron chi connectivity index (χ3n) is 5.85. The van der Waals surface area contributed by atoms with E-state index in [2.05, 4.69) is 15.2 Å². The molecule has 0 spiro atoms. The molecule has 1 aliphatic carbocycles. The van der Waals surface area contributed by atoms with Gasteiger partial charge in [-0.2, -0.15) is 0 Å². The number of anilines is 1. The summed E-state index contributed by atoms with van der Waals surface area (Å²) >= 11 is 0. The van der Waals surface area contributed by atoms with Crippen LogP contribution in [0, 0.1) is 5.92 Å². The maximum absolute atomic E-state index is 12.9. The largest absolute Gasteiger partial charge is 0.475 e. The molecule has 28 heavy (non-hydrogen) atoms. The SMILES string of the molecule is CCOc1nc2ccccc2nc1N1CCCC(C(=O)NC2CCCCC2)C1. The van der Waals surface area contributed by atoms with E-state index in [1.807, 2.05) is 31.2 Å². The predicted molar refractivity (Wildman–Crippen MR) is 111 cm³/mol. The minimum atomic E-state index is -0.00146. The molecule has 2 heterocycles. The van der Waals surface area contributed by atoms with Crippen LogP contribution < -0.4 is 15.0 Å². The Bertz CT molecular complexity index is 819. The van der Waals surface area contributed by atoms with E-state index in [9.17, 15) is 4.79 Å². The van der Waals surface area contributed by atoms with Crippen LogP contribution in [-0.4, -0.2) is 41.6 Å².